The summed E-state index contributed by atoms with van der Waals surface area (Å²) in [6.07, 6.45) is 37.2. The SMILES string of the molecule is CC/C=C\C/C=C\C/C=C\C/C=C\C/C=C\CC(=O)OC(CO)COC(=O)CCCCCCCCCCCC. The van der Waals surface area contributed by atoms with Crippen LogP contribution in [0.5, 0.6) is 0 Å². The Kier molecular flexibility index (Phi) is 28.3. The number of allylic oxidation sites excluding steroid dienone is 9. The lowest BCUT2D eigenvalue weighted by atomic mass is 10.1. The van der Waals surface area contributed by atoms with Gasteiger partial charge in [0.25, 0.3) is 0 Å². The molecule has 5 heteroatoms. The van der Waals surface area contributed by atoms with E-state index in [1.54, 1.807) is 6.08 Å². The first-order chi connectivity index (χ1) is 19.1. The van der Waals surface area contributed by atoms with E-state index in [0.29, 0.717) is 6.42 Å². The molecule has 0 radical (unpaired) electrons. The van der Waals surface area contributed by atoms with Gasteiger partial charge >= 0.3 is 11.9 Å². The summed E-state index contributed by atoms with van der Waals surface area (Å²) in [4.78, 5) is 23.9. The van der Waals surface area contributed by atoms with Crippen LogP contribution in [0.15, 0.2) is 60.8 Å². The lowest BCUT2D eigenvalue weighted by Gasteiger charge is -2.15. The molecule has 0 spiro atoms. The third kappa shape index (κ3) is 28.4. The molecule has 0 amide bonds. The molecule has 0 aliphatic heterocycles. The largest absolute Gasteiger partial charge is 0.462 e. The lowest BCUT2D eigenvalue weighted by molar-refractivity contribution is -0.160. The fourth-order valence-electron chi connectivity index (χ4n) is 3.80. The molecule has 0 aromatic carbocycles. The highest BCUT2D eigenvalue weighted by Gasteiger charge is 2.15. The van der Waals surface area contributed by atoms with Crippen LogP contribution in [0, 0.1) is 0 Å². The highest BCUT2D eigenvalue weighted by atomic mass is 16.6. The Balaban J connectivity index is 3.80. The Bertz CT molecular complexity index is 717. The van der Waals surface area contributed by atoms with Crippen LogP contribution in [-0.2, 0) is 19.1 Å². The summed E-state index contributed by atoms with van der Waals surface area (Å²) in [5, 5.41) is 9.45. The van der Waals surface area contributed by atoms with Crippen molar-refractivity contribution in [1.29, 1.82) is 0 Å². The standard InChI is InChI=1S/C34H56O5/c1-3-5-7-9-11-13-15-16-17-18-19-21-23-25-27-29-34(37)39-32(30-35)31-38-33(36)28-26-24-22-20-14-12-10-8-6-4-2/h5,7,11,13,16-17,19,21,25,27,32,35H,3-4,6,8-10,12,14-15,18,20,22-24,26,28-31H2,1-2H3/b7-5-,13-11-,17-16-,21-19-,27-25-. The highest BCUT2D eigenvalue weighted by molar-refractivity contribution is 5.71. The molecular weight excluding hydrogens is 488 g/mol. The maximum absolute atomic E-state index is 12.0. The van der Waals surface area contributed by atoms with Gasteiger partial charge in [-0.3, -0.25) is 9.59 Å². The smallest absolute Gasteiger partial charge is 0.310 e. The Hall–Kier alpha value is -2.40. The monoisotopic (exact) mass is 544 g/mol. The number of carbonyl (C=O) groups excluding carboxylic acids is 2. The summed E-state index contributed by atoms with van der Waals surface area (Å²) in [6.45, 7) is 3.89. The van der Waals surface area contributed by atoms with Crippen molar-refractivity contribution < 1.29 is 24.2 Å². The van der Waals surface area contributed by atoms with E-state index in [1.807, 2.05) is 6.08 Å². The minimum Gasteiger partial charge on any atom is -0.462 e. The predicted molar refractivity (Wildman–Crippen MR) is 163 cm³/mol. The molecule has 222 valence electrons. The van der Waals surface area contributed by atoms with Crippen LogP contribution < -0.4 is 0 Å². The average molecular weight is 545 g/mol. The van der Waals surface area contributed by atoms with Gasteiger partial charge in [0.1, 0.15) is 6.61 Å². The third-order valence-corrected chi connectivity index (χ3v) is 6.11. The van der Waals surface area contributed by atoms with Gasteiger partial charge in [0, 0.05) is 6.42 Å². The second-order valence-electron chi connectivity index (χ2n) is 9.82. The van der Waals surface area contributed by atoms with Crippen molar-refractivity contribution in [2.45, 2.75) is 129 Å². The molecule has 0 rings (SSSR count). The van der Waals surface area contributed by atoms with Gasteiger partial charge in [0.15, 0.2) is 6.10 Å². The second kappa shape index (κ2) is 30.1. The van der Waals surface area contributed by atoms with Gasteiger partial charge in [-0.1, -0.05) is 132 Å². The van der Waals surface area contributed by atoms with Gasteiger partial charge in [0.05, 0.1) is 13.0 Å². The third-order valence-electron chi connectivity index (χ3n) is 6.11. The molecule has 1 unspecified atom stereocenters. The van der Waals surface area contributed by atoms with Crippen LogP contribution in [0.1, 0.15) is 123 Å². The van der Waals surface area contributed by atoms with E-state index in [4.69, 9.17) is 9.47 Å². The first-order valence-electron chi connectivity index (χ1n) is 15.3. The van der Waals surface area contributed by atoms with Gasteiger partial charge in [-0.15, -0.1) is 0 Å². The zero-order valence-corrected chi connectivity index (χ0v) is 24.9. The van der Waals surface area contributed by atoms with E-state index in [2.05, 4.69) is 62.5 Å². The Morgan fingerprint density at radius 3 is 1.56 bits per heavy atom. The summed E-state index contributed by atoms with van der Waals surface area (Å²) in [5.74, 6) is -0.747. The molecule has 0 bridgehead atoms. The molecule has 1 N–H and O–H groups in total. The molecule has 0 aromatic heterocycles. The summed E-state index contributed by atoms with van der Waals surface area (Å²) < 4.78 is 10.4. The molecular formula is C34H56O5. The average Bonchev–Trinajstić information content (AvgIpc) is 2.94. The van der Waals surface area contributed by atoms with E-state index < -0.39 is 12.1 Å². The number of hydrogen-bond acceptors (Lipinski definition) is 5. The summed E-state index contributed by atoms with van der Waals surface area (Å²) in [7, 11) is 0. The summed E-state index contributed by atoms with van der Waals surface area (Å²) >= 11 is 0. The molecule has 0 fully saturated rings. The van der Waals surface area contributed by atoms with Crippen LogP contribution >= 0.6 is 0 Å². The number of carbonyl (C=O) groups is 2. The molecule has 0 aromatic rings. The van der Waals surface area contributed by atoms with Gasteiger partial charge < -0.3 is 14.6 Å². The fraction of sp³-hybridized carbons (Fsp3) is 0.647. The number of hydrogen-bond donors (Lipinski definition) is 1. The first-order valence-corrected chi connectivity index (χ1v) is 15.3. The number of rotatable bonds is 26. The molecule has 0 saturated carbocycles. The normalized spacial score (nSPS) is 13.0. The van der Waals surface area contributed by atoms with E-state index in [0.717, 1.165) is 51.4 Å². The van der Waals surface area contributed by atoms with Crippen LogP contribution in [0.3, 0.4) is 0 Å². The van der Waals surface area contributed by atoms with Crippen molar-refractivity contribution in [3.8, 4) is 0 Å². The van der Waals surface area contributed by atoms with Gasteiger partial charge in [-0.25, -0.2) is 0 Å². The number of unbranched alkanes of at least 4 members (excludes halogenated alkanes) is 9. The van der Waals surface area contributed by atoms with Crippen LogP contribution in [0.25, 0.3) is 0 Å². The van der Waals surface area contributed by atoms with Crippen LogP contribution in [0.2, 0.25) is 0 Å². The molecule has 39 heavy (non-hydrogen) atoms. The van der Waals surface area contributed by atoms with Crippen molar-refractivity contribution in [3.05, 3.63) is 60.8 Å². The molecule has 0 aliphatic carbocycles. The molecule has 0 aliphatic rings. The van der Waals surface area contributed by atoms with Crippen molar-refractivity contribution in [2.24, 2.45) is 0 Å². The lowest BCUT2D eigenvalue weighted by Crippen LogP contribution is -2.28. The number of esters is 2. The van der Waals surface area contributed by atoms with Crippen molar-refractivity contribution in [2.75, 3.05) is 13.2 Å². The molecule has 0 saturated heterocycles. The topological polar surface area (TPSA) is 72.8 Å². The molecule has 5 nitrogen and oxygen atoms in total. The minimum atomic E-state index is -0.822. The zero-order valence-electron chi connectivity index (χ0n) is 24.9. The maximum atomic E-state index is 12.0. The maximum Gasteiger partial charge on any atom is 0.310 e. The fourth-order valence-corrected chi connectivity index (χ4v) is 3.80. The summed E-state index contributed by atoms with van der Waals surface area (Å²) in [5.41, 5.74) is 0. The van der Waals surface area contributed by atoms with Gasteiger partial charge in [-0.2, -0.15) is 0 Å². The van der Waals surface area contributed by atoms with Gasteiger partial charge in [0.2, 0.25) is 0 Å². The van der Waals surface area contributed by atoms with Crippen molar-refractivity contribution >= 4 is 11.9 Å². The number of aliphatic hydroxyl groups is 1. The van der Waals surface area contributed by atoms with E-state index in [9.17, 15) is 14.7 Å². The number of ether oxygens (including phenoxy) is 2. The molecule has 1 atom stereocenters. The van der Waals surface area contributed by atoms with E-state index in [-0.39, 0.29) is 25.6 Å². The number of aliphatic hydroxyl groups excluding tert-OH is 1. The van der Waals surface area contributed by atoms with Crippen molar-refractivity contribution in [1.82, 2.24) is 0 Å². The van der Waals surface area contributed by atoms with Gasteiger partial charge in [-0.05, 0) is 38.5 Å². The Morgan fingerprint density at radius 1 is 0.615 bits per heavy atom. The minimum absolute atomic E-state index is 0.107. The van der Waals surface area contributed by atoms with E-state index in [1.165, 1.54) is 44.9 Å². The predicted octanol–water partition coefficient (Wildman–Crippen LogP) is 8.89. The Labute approximate surface area is 239 Å². The van der Waals surface area contributed by atoms with Crippen molar-refractivity contribution in [3.63, 3.8) is 0 Å². The van der Waals surface area contributed by atoms with Crippen LogP contribution in [-0.4, -0.2) is 36.4 Å². The quantitative estimate of drug-likeness (QED) is 0.0669. The second-order valence-corrected chi connectivity index (χ2v) is 9.82. The van der Waals surface area contributed by atoms with Crippen LogP contribution in [0.4, 0.5) is 0 Å². The Morgan fingerprint density at radius 2 is 1.08 bits per heavy atom. The molecule has 0 heterocycles. The highest BCUT2D eigenvalue weighted by Crippen LogP contribution is 2.11. The van der Waals surface area contributed by atoms with E-state index >= 15 is 0 Å². The summed E-state index contributed by atoms with van der Waals surface area (Å²) in [6, 6.07) is 0. The first kappa shape index (κ1) is 36.6. The zero-order chi connectivity index (χ0) is 28.7.